The number of ether oxygens (including phenoxy) is 1. The lowest BCUT2D eigenvalue weighted by Gasteiger charge is -2.12. The van der Waals surface area contributed by atoms with E-state index < -0.39 is 0 Å². The van der Waals surface area contributed by atoms with Crippen LogP contribution in [0.1, 0.15) is 24.4 Å². The van der Waals surface area contributed by atoms with Crippen molar-refractivity contribution in [1.82, 2.24) is 15.3 Å². The van der Waals surface area contributed by atoms with Gasteiger partial charge in [-0.05, 0) is 31.2 Å². The molecule has 0 radical (unpaired) electrons. The first-order chi connectivity index (χ1) is 13.0. The van der Waals surface area contributed by atoms with Gasteiger partial charge in [0.15, 0.2) is 0 Å². The quantitative estimate of drug-likeness (QED) is 0.572. The number of halogens is 2. The van der Waals surface area contributed by atoms with Crippen LogP contribution < -0.4 is 10.1 Å². The highest BCUT2D eigenvalue weighted by molar-refractivity contribution is 7.10. The third-order valence-corrected chi connectivity index (χ3v) is 5.58. The van der Waals surface area contributed by atoms with E-state index in [0.717, 1.165) is 16.3 Å². The van der Waals surface area contributed by atoms with Gasteiger partial charge in [-0.15, -0.1) is 11.3 Å². The Labute approximate surface area is 171 Å². The van der Waals surface area contributed by atoms with Gasteiger partial charge in [0.05, 0.1) is 29.8 Å². The van der Waals surface area contributed by atoms with Crippen LogP contribution in [-0.4, -0.2) is 22.5 Å². The maximum atomic E-state index is 12.2. The van der Waals surface area contributed by atoms with E-state index in [1.54, 1.807) is 30.6 Å². The van der Waals surface area contributed by atoms with E-state index >= 15 is 0 Å². The largest absolute Gasteiger partial charge is 0.491 e. The van der Waals surface area contributed by atoms with Gasteiger partial charge in [-0.3, -0.25) is 9.78 Å². The smallest absolute Gasteiger partial charge is 0.223 e. The van der Waals surface area contributed by atoms with Gasteiger partial charge in [0.2, 0.25) is 5.91 Å². The van der Waals surface area contributed by atoms with Crippen LogP contribution in [0.15, 0.2) is 48.1 Å². The monoisotopic (exact) mass is 421 g/mol. The molecular formula is C19H17Cl2N3O2S. The van der Waals surface area contributed by atoms with Crippen LogP contribution in [0, 0.1) is 0 Å². The van der Waals surface area contributed by atoms with Crippen molar-refractivity contribution in [2.24, 2.45) is 0 Å². The second-order valence-electron chi connectivity index (χ2n) is 5.75. The van der Waals surface area contributed by atoms with Gasteiger partial charge in [0, 0.05) is 23.3 Å². The fourth-order valence-corrected chi connectivity index (χ4v) is 3.55. The third-order valence-electron chi connectivity index (χ3n) is 3.75. The van der Waals surface area contributed by atoms with E-state index in [9.17, 15) is 4.79 Å². The summed E-state index contributed by atoms with van der Waals surface area (Å²) in [6.45, 7) is 2.11. The van der Waals surface area contributed by atoms with E-state index in [1.807, 2.05) is 24.4 Å². The molecule has 1 amide bonds. The van der Waals surface area contributed by atoms with Crippen molar-refractivity contribution in [3.8, 4) is 17.0 Å². The second-order valence-corrected chi connectivity index (χ2v) is 7.42. The molecule has 0 aliphatic heterocycles. The molecule has 1 unspecified atom stereocenters. The number of nitrogens with one attached hydrogen (secondary N) is 1. The molecule has 27 heavy (non-hydrogen) atoms. The molecule has 0 aliphatic carbocycles. The summed E-state index contributed by atoms with van der Waals surface area (Å²) in [7, 11) is 0. The number of hydrogen-bond donors (Lipinski definition) is 1. The highest BCUT2D eigenvalue weighted by Gasteiger charge is 2.14. The van der Waals surface area contributed by atoms with Gasteiger partial charge in [-0.1, -0.05) is 29.3 Å². The molecule has 2 aromatic heterocycles. The first-order valence-electron chi connectivity index (χ1n) is 8.26. The van der Waals surface area contributed by atoms with Crippen molar-refractivity contribution >= 4 is 40.4 Å². The predicted octanol–water partition coefficient (Wildman–Crippen LogP) is 5.16. The standard InChI is InChI=1S/C19H17Cl2N3O2S/c1-12(19-24-15(11-27-19)13-5-8-22-9-6-13)23-17(25)7-10-26-16-4-2-3-14(20)18(16)21/h2-6,8-9,11-12H,7,10H2,1H3,(H,23,25). The Bertz CT molecular complexity index is 918. The maximum Gasteiger partial charge on any atom is 0.223 e. The normalized spacial score (nSPS) is 11.8. The maximum absolute atomic E-state index is 12.2. The van der Waals surface area contributed by atoms with Crippen molar-refractivity contribution in [2.45, 2.75) is 19.4 Å². The first kappa shape index (κ1) is 19.6. The van der Waals surface area contributed by atoms with Crippen molar-refractivity contribution in [2.75, 3.05) is 6.61 Å². The average molecular weight is 422 g/mol. The Morgan fingerprint density at radius 2 is 2.04 bits per heavy atom. The summed E-state index contributed by atoms with van der Waals surface area (Å²) in [5.41, 5.74) is 1.87. The zero-order valence-electron chi connectivity index (χ0n) is 14.5. The lowest BCUT2D eigenvalue weighted by atomic mass is 10.2. The average Bonchev–Trinajstić information content (AvgIpc) is 3.16. The minimum absolute atomic E-state index is 0.124. The van der Waals surface area contributed by atoms with Crippen LogP contribution in [0.2, 0.25) is 10.0 Å². The topological polar surface area (TPSA) is 64.1 Å². The van der Waals surface area contributed by atoms with Gasteiger partial charge < -0.3 is 10.1 Å². The number of amides is 1. The third kappa shape index (κ3) is 5.19. The number of thiazole rings is 1. The van der Waals surface area contributed by atoms with Gasteiger partial charge in [0.1, 0.15) is 15.8 Å². The summed E-state index contributed by atoms with van der Waals surface area (Å²) in [6.07, 6.45) is 3.66. The van der Waals surface area contributed by atoms with E-state index in [-0.39, 0.29) is 25.0 Å². The summed E-state index contributed by atoms with van der Waals surface area (Å²) in [6, 6.07) is 8.76. The fraction of sp³-hybridized carbons (Fsp3) is 0.211. The molecule has 1 aromatic carbocycles. The van der Waals surface area contributed by atoms with E-state index in [2.05, 4.69) is 15.3 Å². The molecule has 0 fully saturated rings. The molecule has 0 saturated carbocycles. The van der Waals surface area contributed by atoms with Crippen LogP contribution in [0.25, 0.3) is 11.3 Å². The molecule has 5 nitrogen and oxygen atoms in total. The predicted molar refractivity (Wildman–Crippen MR) is 108 cm³/mol. The number of pyridine rings is 1. The molecule has 3 rings (SSSR count). The Hall–Kier alpha value is -2.15. The number of hydrogen-bond acceptors (Lipinski definition) is 5. The minimum Gasteiger partial charge on any atom is -0.491 e. The number of nitrogens with zero attached hydrogens (tertiary/aromatic N) is 2. The van der Waals surface area contributed by atoms with Crippen LogP contribution in [-0.2, 0) is 4.79 Å². The van der Waals surface area contributed by atoms with E-state index in [4.69, 9.17) is 27.9 Å². The molecule has 0 aliphatic rings. The lowest BCUT2D eigenvalue weighted by molar-refractivity contribution is -0.122. The molecule has 8 heteroatoms. The summed E-state index contributed by atoms with van der Waals surface area (Å²) in [4.78, 5) is 20.8. The minimum atomic E-state index is -0.187. The number of carbonyl (C=O) groups excluding carboxylic acids is 1. The molecule has 1 atom stereocenters. The Morgan fingerprint density at radius 1 is 1.26 bits per heavy atom. The van der Waals surface area contributed by atoms with Crippen LogP contribution in [0.5, 0.6) is 5.75 Å². The number of carbonyl (C=O) groups is 1. The summed E-state index contributed by atoms with van der Waals surface area (Å²) in [5.74, 6) is 0.341. The Kier molecular flexibility index (Phi) is 6.66. The Morgan fingerprint density at radius 3 is 2.81 bits per heavy atom. The molecule has 0 saturated heterocycles. The lowest BCUT2D eigenvalue weighted by Crippen LogP contribution is -2.27. The van der Waals surface area contributed by atoms with E-state index in [1.165, 1.54) is 11.3 Å². The molecule has 2 heterocycles. The molecule has 0 bridgehead atoms. The molecule has 3 aromatic rings. The zero-order valence-corrected chi connectivity index (χ0v) is 16.8. The summed E-state index contributed by atoms with van der Waals surface area (Å²) in [5, 5.41) is 6.51. The molecule has 0 spiro atoms. The van der Waals surface area contributed by atoms with Crippen LogP contribution >= 0.6 is 34.5 Å². The molecule has 140 valence electrons. The second kappa shape index (κ2) is 9.17. The van der Waals surface area contributed by atoms with E-state index in [0.29, 0.717) is 15.8 Å². The van der Waals surface area contributed by atoms with Gasteiger partial charge in [0.25, 0.3) is 0 Å². The first-order valence-corrected chi connectivity index (χ1v) is 9.90. The van der Waals surface area contributed by atoms with Crippen LogP contribution in [0.3, 0.4) is 0 Å². The SMILES string of the molecule is CC(NC(=O)CCOc1cccc(Cl)c1Cl)c1nc(-c2ccncc2)cs1. The highest BCUT2D eigenvalue weighted by atomic mass is 35.5. The number of benzene rings is 1. The van der Waals surface area contributed by atoms with Crippen molar-refractivity contribution < 1.29 is 9.53 Å². The number of rotatable bonds is 7. The number of aromatic nitrogens is 2. The molecule has 1 N–H and O–H groups in total. The Balaban J connectivity index is 1.51. The molecular weight excluding hydrogens is 405 g/mol. The van der Waals surface area contributed by atoms with Crippen molar-refractivity contribution in [1.29, 1.82) is 0 Å². The highest BCUT2D eigenvalue weighted by Crippen LogP contribution is 2.31. The van der Waals surface area contributed by atoms with Gasteiger partial charge >= 0.3 is 0 Å². The zero-order chi connectivity index (χ0) is 19.2. The van der Waals surface area contributed by atoms with Crippen molar-refractivity contribution in [3.63, 3.8) is 0 Å². The fourth-order valence-electron chi connectivity index (χ4n) is 2.37. The van der Waals surface area contributed by atoms with Gasteiger partial charge in [-0.25, -0.2) is 4.98 Å². The van der Waals surface area contributed by atoms with Crippen molar-refractivity contribution in [3.05, 3.63) is 63.2 Å². The summed E-state index contributed by atoms with van der Waals surface area (Å²) >= 11 is 13.5. The van der Waals surface area contributed by atoms with Crippen LogP contribution in [0.4, 0.5) is 0 Å². The van der Waals surface area contributed by atoms with Gasteiger partial charge in [-0.2, -0.15) is 0 Å². The summed E-state index contributed by atoms with van der Waals surface area (Å²) < 4.78 is 5.54.